The number of carboxylic acid groups (broad SMARTS) is 1. The van der Waals surface area contributed by atoms with Crippen LogP contribution in [0, 0.1) is 6.92 Å². The van der Waals surface area contributed by atoms with Gasteiger partial charge in [-0.1, -0.05) is 6.07 Å². The first-order valence-electron chi connectivity index (χ1n) is 8.05. The molecule has 2 aromatic rings. The van der Waals surface area contributed by atoms with E-state index >= 15 is 0 Å². The summed E-state index contributed by atoms with van der Waals surface area (Å²) in [6, 6.07) is 8.97. The third kappa shape index (κ3) is 5.67. The first-order valence-corrected chi connectivity index (χ1v) is 8.05. The summed E-state index contributed by atoms with van der Waals surface area (Å²) in [5.41, 5.74) is 1.60. The van der Waals surface area contributed by atoms with E-state index in [-0.39, 0.29) is 29.2 Å². The van der Waals surface area contributed by atoms with Crippen molar-refractivity contribution < 1.29 is 33.0 Å². The van der Waals surface area contributed by atoms with Crippen LogP contribution in [-0.2, 0) is 6.42 Å². The molecule has 0 saturated heterocycles. The standard InChI is InChI=1S/C19H19F2NO5/c1-11-7-13(10-14(8-11)18(24)25)17(23)22-6-5-12-3-4-15(26-2)16(9-12)27-19(20)21/h3-4,7-10,19H,5-6H2,1-2H3,(H,22,23)(H,24,25). The Morgan fingerprint density at radius 1 is 1.11 bits per heavy atom. The van der Waals surface area contributed by atoms with Crippen LogP contribution < -0.4 is 14.8 Å². The first-order chi connectivity index (χ1) is 12.8. The quantitative estimate of drug-likeness (QED) is 0.735. The van der Waals surface area contributed by atoms with Crippen LogP contribution in [-0.4, -0.2) is 37.2 Å². The fourth-order valence-electron chi connectivity index (χ4n) is 2.52. The summed E-state index contributed by atoms with van der Waals surface area (Å²) in [6.45, 7) is -1.04. The molecular weight excluding hydrogens is 360 g/mol. The highest BCUT2D eigenvalue weighted by Gasteiger charge is 2.13. The maximum atomic E-state index is 12.5. The van der Waals surface area contributed by atoms with E-state index in [9.17, 15) is 18.4 Å². The molecule has 0 aliphatic carbocycles. The predicted molar refractivity (Wildman–Crippen MR) is 93.8 cm³/mol. The lowest BCUT2D eigenvalue weighted by atomic mass is 10.1. The van der Waals surface area contributed by atoms with Crippen LogP contribution in [0.4, 0.5) is 8.78 Å². The van der Waals surface area contributed by atoms with E-state index in [0.29, 0.717) is 17.5 Å². The second-order valence-electron chi connectivity index (χ2n) is 5.76. The fourth-order valence-corrected chi connectivity index (χ4v) is 2.52. The van der Waals surface area contributed by atoms with Gasteiger partial charge in [-0.15, -0.1) is 0 Å². The topological polar surface area (TPSA) is 84.9 Å². The number of rotatable bonds is 8. The van der Waals surface area contributed by atoms with Crippen LogP contribution in [0.15, 0.2) is 36.4 Å². The molecule has 2 aromatic carbocycles. The number of hydrogen-bond donors (Lipinski definition) is 2. The summed E-state index contributed by atoms with van der Waals surface area (Å²) in [4.78, 5) is 23.3. The van der Waals surface area contributed by atoms with E-state index in [2.05, 4.69) is 10.1 Å². The Labute approximate surface area is 154 Å². The molecule has 2 N–H and O–H groups in total. The molecule has 8 heteroatoms. The SMILES string of the molecule is COc1ccc(CCNC(=O)c2cc(C)cc(C(=O)O)c2)cc1OC(F)F. The maximum Gasteiger partial charge on any atom is 0.387 e. The van der Waals surface area contributed by atoms with E-state index in [1.165, 1.54) is 31.4 Å². The van der Waals surface area contributed by atoms with E-state index < -0.39 is 18.5 Å². The highest BCUT2D eigenvalue weighted by Crippen LogP contribution is 2.29. The van der Waals surface area contributed by atoms with Gasteiger partial charge in [-0.25, -0.2) is 4.79 Å². The monoisotopic (exact) mass is 379 g/mol. The number of aryl methyl sites for hydroxylation is 1. The Hall–Kier alpha value is -3.16. The molecule has 0 aliphatic rings. The minimum absolute atomic E-state index is 0.0316. The molecule has 144 valence electrons. The van der Waals surface area contributed by atoms with Crippen molar-refractivity contribution in [2.45, 2.75) is 20.0 Å². The molecule has 0 aliphatic heterocycles. The van der Waals surface area contributed by atoms with Gasteiger partial charge in [-0.2, -0.15) is 8.78 Å². The maximum absolute atomic E-state index is 12.5. The molecule has 1 amide bonds. The van der Waals surface area contributed by atoms with Crippen LogP contribution in [0.1, 0.15) is 31.8 Å². The number of nitrogens with one attached hydrogen (secondary N) is 1. The fraction of sp³-hybridized carbons (Fsp3) is 0.263. The summed E-state index contributed by atoms with van der Waals surface area (Å²) in [7, 11) is 1.35. The molecule has 27 heavy (non-hydrogen) atoms. The molecule has 0 saturated carbocycles. The summed E-state index contributed by atoms with van der Waals surface area (Å²) in [5.74, 6) is -1.43. The lowest BCUT2D eigenvalue weighted by Crippen LogP contribution is -2.26. The van der Waals surface area contributed by atoms with Crippen molar-refractivity contribution >= 4 is 11.9 Å². The Kier molecular flexibility index (Phi) is 6.70. The smallest absolute Gasteiger partial charge is 0.387 e. The van der Waals surface area contributed by atoms with Gasteiger partial charge in [0.2, 0.25) is 0 Å². The number of halogens is 2. The van der Waals surface area contributed by atoms with Crippen LogP contribution in [0.2, 0.25) is 0 Å². The number of carbonyl (C=O) groups excluding carboxylic acids is 1. The summed E-state index contributed by atoms with van der Waals surface area (Å²) >= 11 is 0. The molecule has 0 aromatic heterocycles. The van der Waals surface area contributed by atoms with Crippen LogP contribution in [0.3, 0.4) is 0 Å². The van der Waals surface area contributed by atoms with Crippen LogP contribution >= 0.6 is 0 Å². The zero-order chi connectivity index (χ0) is 20.0. The van der Waals surface area contributed by atoms with Crippen molar-refractivity contribution in [1.82, 2.24) is 5.32 Å². The van der Waals surface area contributed by atoms with Gasteiger partial charge < -0.3 is 19.9 Å². The van der Waals surface area contributed by atoms with Crippen molar-refractivity contribution in [3.63, 3.8) is 0 Å². The highest BCUT2D eigenvalue weighted by molar-refractivity contribution is 5.97. The lowest BCUT2D eigenvalue weighted by Gasteiger charge is -2.12. The van der Waals surface area contributed by atoms with Gasteiger partial charge in [0.1, 0.15) is 0 Å². The number of carbonyl (C=O) groups is 2. The van der Waals surface area contributed by atoms with Gasteiger partial charge in [-0.05, 0) is 54.8 Å². The highest BCUT2D eigenvalue weighted by atomic mass is 19.3. The minimum Gasteiger partial charge on any atom is -0.493 e. The number of hydrogen-bond acceptors (Lipinski definition) is 4. The number of benzene rings is 2. The summed E-state index contributed by atoms with van der Waals surface area (Å²) in [6.07, 6.45) is 0.368. The van der Waals surface area contributed by atoms with Crippen molar-refractivity contribution in [2.75, 3.05) is 13.7 Å². The zero-order valence-corrected chi connectivity index (χ0v) is 14.8. The minimum atomic E-state index is -2.97. The van der Waals surface area contributed by atoms with Crippen molar-refractivity contribution in [2.24, 2.45) is 0 Å². The van der Waals surface area contributed by atoms with Gasteiger partial charge >= 0.3 is 12.6 Å². The molecular formula is C19H19F2NO5. The number of carboxylic acids is 1. The van der Waals surface area contributed by atoms with E-state index in [1.807, 2.05) is 0 Å². The molecule has 0 fully saturated rings. The largest absolute Gasteiger partial charge is 0.493 e. The number of aromatic carboxylic acids is 1. The Morgan fingerprint density at radius 2 is 1.81 bits per heavy atom. The van der Waals surface area contributed by atoms with E-state index in [1.54, 1.807) is 19.1 Å². The van der Waals surface area contributed by atoms with Gasteiger partial charge in [0.15, 0.2) is 11.5 Å². The Bertz CT molecular complexity index is 839. The molecule has 0 radical (unpaired) electrons. The number of amides is 1. The molecule has 6 nitrogen and oxygen atoms in total. The first kappa shape index (κ1) is 20.2. The number of methoxy groups -OCH3 is 1. The van der Waals surface area contributed by atoms with Crippen LogP contribution in [0.25, 0.3) is 0 Å². The second kappa shape index (κ2) is 8.98. The van der Waals surface area contributed by atoms with Crippen molar-refractivity contribution in [1.29, 1.82) is 0 Å². The predicted octanol–water partition coefficient (Wildman–Crippen LogP) is 3.28. The third-order valence-electron chi connectivity index (χ3n) is 3.73. The Morgan fingerprint density at radius 3 is 2.44 bits per heavy atom. The molecule has 0 spiro atoms. The Balaban J connectivity index is 2.02. The van der Waals surface area contributed by atoms with Gasteiger partial charge in [-0.3, -0.25) is 4.79 Å². The molecule has 2 rings (SSSR count). The molecule has 0 bridgehead atoms. The number of alkyl halides is 2. The lowest BCUT2D eigenvalue weighted by molar-refractivity contribution is -0.0512. The molecule has 0 unspecified atom stereocenters. The summed E-state index contributed by atoms with van der Waals surface area (Å²) < 4.78 is 34.3. The normalized spacial score (nSPS) is 10.6. The van der Waals surface area contributed by atoms with Gasteiger partial charge in [0.05, 0.1) is 12.7 Å². The number of ether oxygens (including phenoxy) is 2. The van der Waals surface area contributed by atoms with E-state index in [0.717, 1.165) is 0 Å². The zero-order valence-electron chi connectivity index (χ0n) is 14.8. The van der Waals surface area contributed by atoms with Gasteiger partial charge in [0, 0.05) is 12.1 Å². The van der Waals surface area contributed by atoms with Gasteiger partial charge in [0.25, 0.3) is 5.91 Å². The average Bonchev–Trinajstić information content (AvgIpc) is 2.60. The second-order valence-corrected chi connectivity index (χ2v) is 5.76. The molecule has 0 heterocycles. The van der Waals surface area contributed by atoms with Crippen LogP contribution in [0.5, 0.6) is 11.5 Å². The van der Waals surface area contributed by atoms with Crippen molar-refractivity contribution in [3.05, 3.63) is 58.7 Å². The third-order valence-corrected chi connectivity index (χ3v) is 3.73. The van der Waals surface area contributed by atoms with Crippen molar-refractivity contribution in [3.8, 4) is 11.5 Å². The van der Waals surface area contributed by atoms with E-state index in [4.69, 9.17) is 9.84 Å². The summed E-state index contributed by atoms with van der Waals surface area (Å²) in [5, 5.41) is 11.7. The average molecular weight is 379 g/mol. The molecule has 0 atom stereocenters.